The summed E-state index contributed by atoms with van der Waals surface area (Å²) in [6.07, 6.45) is 0.696. The van der Waals surface area contributed by atoms with Crippen LogP contribution in [-0.4, -0.2) is 25.6 Å². The van der Waals surface area contributed by atoms with E-state index in [9.17, 15) is 0 Å². The Morgan fingerprint density at radius 1 is 1.20 bits per heavy atom. The van der Waals surface area contributed by atoms with E-state index in [1.54, 1.807) is 0 Å². The van der Waals surface area contributed by atoms with Crippen molar-refractivity contribution in [3.05, 3.63) is 41.9 Å². The predicted octanol–water partition coefficient (Wildman–Crippen LogP) is 1.27. The number of aromatic nitrogens is 5. The molecule has 0 aliphatic heterocycles. The predicted molar refractivity (Wildman–Crippen MR) is 55.3 cm³/mol. The van der Waals surface area contributed by atoms with Crippen LogP contribution in [0.2, 0.25) is 0 Å². The van der Waals surface area contributed by atoms with Gasteiger partial charge >= 0.3 is 0 Å². The molecule has 2 N–H and O–H groups in total. The smallest absolute Gasteiger partial charge is 0.154 e. The van der Waals surface area contributed by atoms with Crippen molar-refractivity contribution in [2.45, 2.75) is 6.42 Å². The highest BCUT2D eigenvalue weighted by Crippen LogP contribution is 2.15. The number of H-pyrrole nitrogens is 2. The summed E-state index contributed by atoms with van der Waals surface area (Å²) in [4.78, 5) is 3.32. The number of hydrogen-bond donors (Lipinski definition) is 2. The molecule has 0 saturated carbocycles. The molecule has 0 amide bonds. The lowest BCUT2D eigenvalue weighted by molar-refractivity contribution is 0.881. The second-order valence-electron chi connectivity index (χ2n) is 3.41. The number of benzene rings is 1. The van der Waals surface area contributed by atoms with Gasteiger partial charge in [-0.1, -0.05) is 18.2 Å². The number of para-hydroxylation sites is 1. The Balaban J connectivity index is 1.98. The Labute approximate surface area is 85.5 Å². The summed E-state index contributed by atoms with van der Waals surface area (Å²) in [5.74, 6) is 0.765. The van der Waals surface area contributed by atoms with Crippen LogP contribution >= 0.6 is 0 Å². The molecule has 5 heteroatoms. The second kappa shape index (κ2) is 3.20. The second-order valence-corrected chi connectivity index (χ2v) is 3.41. The number of rotatable bonds is 2. The number of tetrazole rings is 1. The zero-order valence-electron chi connectivity index (χ0n) is 7.94. The third-order valence-corrected chi connectivity index (χ3v) is 2.33. The van der Waals surface area contributed by atoms with E-state index in [1.165, 1.54) is 5.39 Å². The van der Waals surface area contributed by atoms with Gasteiger partial charge in [-0.25, -0.2) is 5.10 Å². The molecule has 0 aliphatic carbocycles. The highest BCUT2D eigenvalue weighted by atomic mass is 15.5. The van der Waals surface area contributed by atoms with Gasteiger partial charge in [-0.2, -0.15) is 0 Å². The molecule has 0 spiro atoms. The Bertz CT molecular complexity index is 533. The molecular weight excluding hydrogens is 190 g/mol. The topological polar surface area (TPSA) is 70.2 Å². The lowest BCUT2D eigenvalue weighted by Gasteiger charge is -1.89. The number of nitrogens with zero attached hydrogens (tertiary/aromatic N) is 3. The summed E-state index contributed by atoms with van der Waals surface area (Å²) in [5, 5.41) is 14.9. The summed E-state index contributed by atoms with van der Waals surface area (Å²) in [6.45, 7) is 0. The molecule has 74 valence electrons. The van der Waals surface area contributed by atoms with Gasteiger partial charge in [0.1, 0.15) is 0 Å². The fourth-order valence-corrected chi connectivity index (χ4v) is 1.66. The van der Waals surface area contributed by atoms with Gasteiger partial charge in [0.05, 0.1) is 0 Å². The molecule has 2 aromatic heterocycles. The van der Waals surface area contributed by atoms with Crippen molar-refractivity contribution >= 4 is 10.9 Å². The monoisotopic (exact) mass is 199 g/mol. The SMILES string of the molecule is c1ccc2[nH]c(Cc3nnn[nH]3)cc2c1. The lowest BCUT2D eigenvalue weighted by Crippen LogP contribution is -1.90. The van der Waals surface area contributed by atoms with E-state index in [0.29, 0.717) is 6.42 Å². The van der Waals surface area contributed by atoms with Gasteiger partial charge < -0.3 is 4.98 Å². The van der Waals surface area contributed by atoms with Crippen LogP contribution in [0, 0.1) is 0 Å². The van der Waals surface area contributed by atoms with Gasteiger partial charge in [0.2, 0.25) is 0 Å². The molecular formula is C10H9N5. The van der Waals surface area contributed by atoms with Gasteiger partial charge in [0.25, 0.3) is 0 Å². The van der Waals surface area contributed by atoms with E-state index in [-0.39, 0.29) is 0 Å². The standard InChI is InChI=1S/C10H9N5/c1-2-4-9-7(3-1)5-8(11-9)6-10-12-14-15-13-10/h1-5,11H,6H2,(H,12,13,14,15). The average Bonchev–Trinajstić information content (AvgIpc) is 2.86. The minimum absolute atomic E-state index is 0.696. The third kappa shape index (κ3) is 1.48. The first-order valence-electron chi connectivity index (χ1n) is 4.71. The molecule has 2 heterocycles. The fraction of sp³-hybridized carbons (Fsp3) is 0.100. The number of fused-ring (bicyclic) bond motifs is 1. The van der Waals surface area contributed by atoms with Crippen molar-refractivity contribution in [1.82, 2.24) is 25.6 Å². The first kappa shape index (κ1) is 8.16. The van der Waals surface area contributed by atoms with Crippen molar-refractivity contribution in [2.75, 3.05) is 0 Å². The van der Waals surface area contributed by atoms with Gasteiger partial charge in [-0.15, -0.1) is 5.10 Å². The van der Waals surface area contributed by atoms with Crippen LogP contribution in [0.25, 0.3) is 10.9 Å². The first-order chi connectivity index (χ1) is 7.42. The van der Waals surface area contributed by atoms with E-state index < -0.39 is 0 Å². The Morgan fingerprint density at radius 2 is 2.13 bits per heavy atom. The first-order valence-corrected chi connectivity index (χ1v) is 4.71. The van der Waals surface area contributed by atoms with Crippen molar-refractivity contribution in [1.29, 1.82) is 0 Å². The third-order valence-electron chi connectivity index (χ3n) is 2.33. The molecule has 1 aromatic carbocycles. The van der Waals surface area contributed by atoms with Crippen LogP contribution < -0.4 is 0 Å². The van der Waals surface area contributed by atoms with Crippen LogP contribution in [0.1, 0.15) is 11.5 Å². The van der Waals surface area contributed by atoms with E-state index in [4.69, 9.17) is 0 Å². The van der Waals surface area contributed by atoms with Crippen molar-refractivity contribution in [3.63, 3.8) is 0 Å². The summed E-state index contributed by atoms with van der Waals surface area (Å²) < 4.78 is 0. The van der Waals surface area contributed by atoms with Gasteiger partial charge in [0.15, 0.2) is 5.82 Å². The zero-order valence-corrected chi connectivity index (χ0v) is 7.94. The largest absolute Gasteiger partial charge is 0.358 e. The Morgan fingerprint density at radius 3 is 2.93 bits per heavy atom. The lowest BCUT2D eigenvalue weighted by atomic mass is 10.2. The number of aromatic amines is 2. The van der Waals surface area contributed by atoms with Crippen LogP contribution in [-0.2, 0) is 6.42 Å². The molecule has 0 radical (unpaired) electrons. The van der Waals surface area contributed by atoms with E-state index in [1.807, 2.05) is 12.1 Å². The molecule has 3 aromatic rings. The Hall–Kier alpha value is -2.17. The van der Waals surface area contributed by atoms with E-state index >= 15 is 0 Å². The van der Waals surface area contributed by atoms with Crippen LogP contribution in [0.3, 0.4) is 0 Å². The number of nitrogens with one attached hydrogen (secondary N) is 2. The van der Waals surface area contributed by atoms with Crippen molar-refractivity contribution < 1.29 is 0 Å². The maximum Gasteiger partial charge on any atom is 0.154 e. The van der Waals surface area contributed by atoms with E-state index in [2.05, 4.69) is 43.8 Å². The summed E-state index contributed by atoms with van der Waals surface area (Å²) in [5.41, 5.74) is 2.25. The maximum absolute atomic E-state index is 3.85. The van der Waals surface area contributed by atoms with Crippen molar-refractivity contribution in [3.8, 4) is 0 Å². The van der Waals surface area contributed by atoms with Gasteiger partial charge in [-0.05, 0) is 27.9 Å². The molecule has 0 aliphatic rings. The fourth-order valence-electron chi connectivity index (χ4n) is 1.66. The molecule has 0 atom stereocenters. The average molecular weight is 199 g/mol. The normalized spacial score (nSPS) is 10.9. The molecule has 0 unspecified atom stereocenters. The summed E-state index contributed by atoms with van der Waals surface area (Å²) >= 11 is 0. The van der Waals surface area contributed by atoms with Crippen LogP contribution in [0.15, 0.2) is 30.3 Å². The maximum atomic E-state index is 3.85. The summed E-state index contributed by atoms with van der Waals surface area (Å²) in [6, 6.07) is 10.3. The van der Waals surface area contributed by atoms with E-state index in [0.717, 1.165) is 17.0 Å². The molecule has 0 saturated heterocycles. The highest BCUT2D eigenvalue weighted by molar-refractivity contribution is 5.80. The van der Waals surface area contributed by atoms with Crippen LogP contribution in [0.4, 0.5) is 0 Å². The number of hydrogen-bond acceptors (Lipinski definition) is 3. The molecule has 3 rings (SSSR count). The quantitative estimate of drug-likeness (QED) is 0.653. The minimum atomic E-state index is 0.696. The zero-order chi connectivity index (χ0) is 10.1. The highest BCUT2D eigenvalue weighted by Gasteiger charge is 2.03. The van der Waals surface area contributed by atoms with Gasteiger partial charge in [-0.3, -0.25) is 0 Å². The molecule has 15 heavy (non-hydrogen) atoms. The van der Waals surface area contributed by atoms with Crippen molar-refractivity contribution in [2.24, 2.45) is 0 Å². The summed E-state index contributed by atoms with van der Waals surface area (Å²) in [7, 11) is 0. The van der Waals surface area contributed by atoms with Gasteiger partial charge in [0, 0.05) is 17.6 Å². The van der Waals surface area contributed by atoms with Crippen LogP contribution in [0.5, 0.6) is 0 Å². The minimum Gasteiger partial charge on any atom is -0.358 e. The molecule has 0 fully saturated rings. The molecule has 0 bridgehead atoms. The molecule has 5 nitrogen and oxygen atoms in total. The Kier molecular flexibility index (Phi) is 1.74.